The Morgan fingerprint density at radius 3 is 2.86 bits per heavy atom. The van der Waals surface area contributed by atoms with Gasteiger partial charge in [0.25, 0.3) is 0 Å². The number of β-amino-alcohol motifs (C(OH)–C–C–N with tert-alkyl or cyclic N) is 1. The third-order valence-electron chi connectivity index (χ3n) is 3.55. The standard InChI is InChI=1S/C12H21NO/c1-10-7-12(14)9-13(10)8-11-5-3-2-4-6-11/h2-3,10-12,14H,4-9H2,1H3. The van der Waals surface area contributed by atoms with Crippen LogP contribution in [0.1, 0.15) is 32.6 Å². The van der Waals surface area contributed by atoms with Crippen molar-refractivity contribution < 1.29 is 5.11 Å². The molecular formula is C12H21NO. The Labute approximate surface area is 86.6 Å². The molecule has 0 aromatic carbocycles. The number of aliphatic hydroxyl groups excluding tert-OH is 1. The summed E-state index contributed by atoms with van der Waals surface area (Å²) < 4.78 is 0. The predicted octanol–water partition coefficient (Wildman–Crippen LogP) is 1.80. The van der Waals surface area contributed by atoms with Crippen molar-refractivity contribution in [3.8, 4) is 0 Å². The van der Waals surface area contributed by atoms with Crippen LogP contribution in [0.2, 0.25) is 0 Å². The lowest BCUT2D eigenvalue weighted by Crippen LogP contribution is -2.33. The Kier molecular flexibility index (Phi) is 3.24. The maximum absolute atomic E-state index is 9.54. The molecule has 2 rings (SSSR count). The van der Waals surface area contributed by atoms with Crippen molar-refractivity contribution in [3.63, 3.8) is 0 Å². The summed E-state index contributed by atoms with van der Waals surface area (Å²) in [5, 5.41) is 9.54. The highest BCUT2D eigenvalue weighted by Gasteiger charge is 2.28. The highest BCUT2D eigenvalue weighted by Crippen LogP contribution is 2.24. The lowest BCUT2D eigenvalue weighted by Gasteiger charge is -2.27. The number of allylic oxidation sites excluding steroid dienone is 2. The smallest absolute Gasteiger partial charge is 0.0682 e. The minimum absolute atomic E-state index is 0.0795. The number of aliphatic hydroxyl groups is 1. The van der Waals surface area contributed by atoms with Gasteiger partial charge < -0.3 is 5.11 Å². The first-order valence-corrected chi connectivity index (χ1v) is 5.83. The number of hydrogen-bond acceptors (Lipinski definition) is 2. The topological polar surface area (TPSA) is 23.5 Å². The molecule has 3 atom stereocenters. The molecule has 0 bridgehead atoms. The Balaban J connectivity index is 1.82. The lowest BCUT2D eigenvalue weighted by molar-refractivity contribution is 0.164. The Morgan fingerprint density at radius 1 is 1.43 bits per heavy atom. The Hall–Kier alpha value is -0.340. The van der Waals surface area contributed by atoms with Crippen LogP contribution in [0.25, 0.3) is 0 Å². The van der Waals surface area contributed by atoms with Crippen molar-refractivity contribution in [2.75, 3.05) is 13.1 Å². The molecule has 0 spiro atoms. The van der Waals surface area contributed by atoms with E-state index in [9.17, 15) is 5.11 Å². The fourth-order valence-corrected chi connectivity index (χ4v) is 2.68. The van der Waals surface area contributed by atoms with Crippen molar-refractivity contribution in [1.29, 1.82) is 0 Å². The van der Waals surface area contributed by atoms with Gasteiger partial charge in [-0.25, -0.2) is 0 Å². The van der Waals surface area contributed by atoms with Crippen LogP contribution in [0.3, 0.4) is 0 Å². The summed E-state index contributed by atoms with van der Waals surface area (Å²) >= 11 is 0. The fourth-order valence-electron chi connectivity index (χ4n) is 2.68. The van der Waals surface area contributed by atoms with E-state index in [2.05, 4.69) is 24.0 Å². The van der Waals surface area contributed by atoms with E-state index in [4.69, 9.17) is 0 Å². The molecule has 0 amide bonds. The summed E-state index contributed by atoms with van der Waals surface area (Å²) in [6, 6.07) is 0.580. The predicted molar refractivity (Wildman–Crippen MR) is 58.1 cm³/mol. The highest BCUT2D eigenvalue weighted by atomic mass is 16.3. The maximum Gasteiger partial charge on any atom is 0.0682 e. The van der Waals surface area contributed by atoms with E-state index in [1.165, 1.54) is 25.8 Å². The first-order chi connectivity index (χ1) is 6.75. The molecule has 1 aliphatic carbocycles. The summed E-state index contributed by atoms with van der Waals surface area (Å²) in [7, 11) is 0. The van der Waals surface area contributed by atoms with Gasteiger partial charge in [-0.3, -0.25) is 4.90 Å². The Morgan fingerprint density at radius 2 is 2.29 bits per heavy atom. The molecule has 0 saturated carbocycles. The zero-order valence-electron chi connectivity index (χ0n) is 9.02. The van der Waals surface area contributed by atoms with Gasteiger partial charge in [-0.15, -0.1) is 0 Å². The highest BCUT2D eigenvalue weighted by molar-refractivity contribution is 4.92. The van der Waals surface area contributed by atoms with E-state index in [-0.39, 0.29) is 6.10 Å². The van der Waals surface area contributed by atoms with Gasteiger partial charge in [0.1, 0.15) is 0 Å². The average Bonchev–Trinajstić information content (AvgIpc) is 2.47. The fraction of sp³-hybridized carbons (Fsp3) is 0.833. The second kappa shape index (κ2) is 4.45. The summed E-state index contributed by atoms with van der Waals surface area (Å²) in [6.07, 6.45) is 9.29. The SMILES string of the molecule is CC1CC(O)CN1CC1CC=CCC1. The van der Waals surface area contributed by atoms with Crippen LogP contribution in [0.5, 0.6) is 0 Å². The molecule has 1 aliphatic heterocycles. The number of likely N-dealkylation sites (tertiary alicyclic amines) is 1. The number of rotatable bonds is 2. The van der Waals surface area contributed by atoms with E-state index in [0.29, 0.717) is 6.04 Å². The van der Waals surface area contributed by atoms with Crippen LogP contribution < -0.4 is 0 Å². The molecule has 0 aromatic heterocycles. The monoisotopic (exact) mass is 195 g/mol. The van der Waals surface area contributed by atoms with Gasteiger partial charge >= 0.3 is 0 Å². The maximum atomic E-state index is 9.54. The zero-order valence-corrected chi connectivity index (χ0v) is 9.02. The van der Waals surface area contributed by atoms with Crippen LogP contribution in [0, 0.1) is 5.92 Å². The molecule has 14 heavy (non-hydrogen) atoms. The molecule has 1 fully saturated rings. The second-order valence-electron chi connectivity index (χ2n) is 4.84. The van der Waals surface area contributed by atoms with Gasteiger partial charge in [0.2, 0.25) is 0 Å². The van der Waals surface area contributed by atoms with Gasteiger partial charge in [0, 0.05) is 19.1 Å². The molecule has 0 radical (unpaired) electrons. The van der Waals surface area contributed by atoms with Crippen LogP contribution in [-0.2, 0) is 0 Å². The van der Waals surface area contributed by atoms with Crippen LogP contribution in [0.15, 0.2) is 12.2 Å². The molecule has 0 aromatic rings. The van der Waals surface area contributed by atoms with E-state index in [0.717, 1.165) is 18.9 Å². The van der Waals surface area contributed by atoms with E-state index < -0.39 is 0 Å². The van der Waals surface area contributed by atoms with Gasteiger partial charge in [-0.2, -0.15) is 0 Å². The summed E-state index contributed by atoms with van der Waals surface area (Å²) in [5.41, 5.74) is 0. The van der Waals surface area contributed by atoms with E-state index >= 15 is 0 Å². The van der Waals surface area contributed by atoms with Crippen molar-refractivity contribution in [1.82, 2.24) is 4.90 Å². The third kappa shape index (κ3) is 2.37. The van der Waals surface area contributed by atoms with Crippen molar-refractivity contribution in [2.24, 2.45) is 5.92 Å². The van der Waals surface area contributed by atoms with Crippen LogP contribution in [0.4, 0.5) is 0 Å². The Bertz CT molecular complexity index is 214. The van der Waals surface area contributed by atoms with Crippen molar-refractivity contribution in [3.05, 3.63) is 12.2 Å². The molecular weight excluding hydrogens is 174 g/mol. The summed E-state index contributed by atoms with van der Waals surface area (Å²) in [6.45, 7) is 4.30. The number of hydrogen-bond donors (Lipinski definition) is 1. The van der Waals surface area contributed by atoms with E-state index in [1.54, 1.807) is 0 Å². The van der Waals surface area contributed by atoms with Gasteiger partial charge in [0.15, 0.2) is 0 Å². The average molecular weight is 195 g/mol. The van der Waals surface area contributed by atoms with Crippen molar-refractivity contribution >= 4 is 0 Å². The van der Waals surface area contributed by atoms with Crippen LogP contribution in [-0.4, -0.2) is 35.2 Å². The third-order valence-corrected chi connectivity index (χ3v) is 3.55. The first-order valence-electron chi connectivity index (χ1n) is 5.83. The summed E-state index contributed by atoms with van der Waals surface area (Å²) in [4.78, 5) is 2.45. The van der Waals surface area contributed by atoms with Crippen molar-refractivity contribution in [2.45, 2.75) is 44.8 Å². The van der Waals surface area contributed by atoms with Gasteiger partial charge in [-0.05, 0) is 38.5 Å². The summed E-state index contributed by atoms with van der Waals surface area (Å²) in [5.74, 6) is 0.827. The normalized spacial score (nSPS) is 39.1. The molecule has 1 N–H and O–H groups in total. The molecule has 2 nitrogen and oxygen atoms in total. The second-order valence-corrected chi connectivity index (χ2v) is 4.84. The minimum atomic E-state index is -0.0795. The van der Waals surface area contributed by atoms with Gasteiger partial charge in [-0.1, -0.05) is 12.2 Å². The molecule has 2 aliphatic rings. The molecule has 2 heteroatoms. The van der Waals surface area contributed by atoms with Gasteiger partial charge in [0.05, 0.1) is 6.10 Å². The number of nitrogens with zero attached hydrogens (tertiary/aromatic N) is 1. The first kappa shape index (κ1) is 10.2. The quantitative estimate of drug-likeness (QED) is 0.679. The van der Waals surface area contributed by atoms with Crippen LogP contribution >= 0.6 is 0 Å². The molecule has 1 saturated heterocycles. The molecule has 80 valence electrons. The minimum Gasteiger partial charge on any atom is -0.392 e. The lowest BCUT2D eigenvalue weighted by atomic mass is 9.94. The molecule has 1 heterocycles. The van der Waals surface area contributed by atoms with E-state index in [1.807, 2.05) is 0 Å². The zero-order chi connectivity index (χ0) is 9.97. The molecule has 3 unspecified atom stereocenters. The largest absolute Gasteiger partial charge is 0.392 e.